The van der Waals surface area contributed by atoms with E-state index in [1.807, 2.05) is 44.2 Å². The van der Waals surface area contributed by atoms with Gasteiger partial charge in [0.2, 0.25) is 0 Å². The zero-order chi connectivity index (χ0) is 22.8. The Balaban J connectivity index is 3.21. The standard InChI is InChI=1S/C22H39N2O5P/c1-8-27-30(26,28-9-2)20(23-16-18-13-11-10-12-14-18)19(15-17(3)4)24-21(25)29-22(5,6)7/h10-14,17,19-20,23H,8-9,15-16H2,1-7H3,(H,24,25)/t19-,20+/m0/s1. The van der Waals surface area contributed by atoms with Gasteiger partial charge in [-0.25, -0.2) is 4.79 Å². The van der Waals surface area contributed by atoms with Gasteiger partial charge in [-0.2, -0.15) is 0 Å². The largest absolute Gasteiger partial charge is 0.444 e. The van der Waals surface area contributed by atoms with Gasteiger partial charge in [0.25, 0.3) is 0 Å². The molecule has 0 unspecified atom stereocenters. The van der Waals surface area contributed by atoms with Crippen molar-refractivity contribution in [2.45, 2.75) is 78.9 Å². The fourth-order valence-electron chi connectivity index (χ4n) is 3.08. The van der Waals surface area contributed by atoms with Crippen molar-refractivity contribution in [3.8, 4) is 0 Å². The van der Waals surface area contributed by atoms with Crippen LogP contribution in [0, 0.1) is 5.92 Å². The van der Waals surface area contributed by atoms with Crippen molar-refractivity contribution in [3.63, 3.8) is 0 Å². The fraction of sp³-hybridized carbons (Fsp3) is 0.682. The van der Waals surface area contributed by atoms with Gasteiger partial charge in [-0.05, 0) is 52.5 Å². The third-order valence-corrected chi connectivity index (χ3v) is 6.59. The molecule has 0 bridgehead atoms. The van der Waals surface area contributed by atoms with Crippen LogP contribution in [0.2, 0.25) is 0 Å². The number of carbonyl (C=O) groups is 1. The van der Waals surface area contributed by atoms with E-state index in [-0.39, 0.29) is 19.1 Å². The molecule has 2 atom stereocenters. The van der Waals surface area contributed by atoms with Crippen LogP contribution in [0.25, 0.3) is 0 Å². The van der Waals surface area contributed by atoms with E-state index in [1.54, 1.807) is 34.6 Å². The highest BCUT2D eigenvalue weighted by Gasteiger charge is 2.42. The lowest BCUT2D eigenvalue weighted by Gasteiger charge is -2.35. The molecule has 8 heteroatoms. The first-order valence-electron chi connectivity index (χ1n) is 10.7. The van der Waals surface area contributed by atoms with Gasteiger partial charge in [0.05, 0.1) is 19.3 Å². The normalized spacial score (nSPS) is 14.4. The molecule has 0 fully saturated rings. The van der Waals surface area contributed by atoms with Gasteiger partial charge in [-0.1, -0.05) is 44.2 Å². The number of amides is 1. The van der Waals surface area contributed by atoms with Crippen molar-refractivity contribution in [1.29, 1.82) is 0 Å². The molecule has 0 aliphatic rings. The van der Waals surface area contributed by atoms with Crippen LogP contribution in [0.3, 0.4) is 0 Å². The second-order valence-corrected chi connectivity index (χ2v) is 10.7. The van der Waals surface area contributed by atoms with Crippen LogP contribution in [0.4, 0.5) is 4.79 Å². The number of carbonyl (C=O) groups excluding carboxylic acids is 1. The summed E-state index contributed by atoms with van der Waals surface area (Å²) >= 11 is 0. The molecule has 1 rings (SSSR count). The van der Waals surface area contributed by atoms with E-state index in [2.05, 4.69) is 10.6 Å². The molecule has 172 valence electrons. The minimum Gasteiger partial charge on any atom is -0.444 e. The minimum absolute atomic E-state index is 0.238. The summed E-state index contributed by atoms with van der Waals surface area (Å²) in [7, 11) is -3.57. The summed E-state index contributed by atoms with van der Waals surface area (Å²) in [6.07, 6.45) is 0.0229. The van der Waals surface area contributed by atoms with Gasteiger partial charge in [0.1, 0.15) is 11.4 Å². The second kappa shape index (κ2) is 12.5. The van der Waals surface area contributed by atoms with Gasteiger partial charge >= 0.3 is 13.7 Å². The third-order valence-electron chi connectivity index (χ3n) is 4.13. The third kappa shape index (κ3) is 9.61. The van der Waals surface area contributed by atoms with E-state index in [9.17, 15) is 9.36 Å². The van der Waals surface area contributed by atoms with Crippen LogP contribution in [-0.2, 0) is 24.9 Å². The first-order valence-corrected chi connectivity index (χ1v) is 12.3. The highest BCUT2D eigenvalue weighted by atomic mass is 31.2. The molecule has 0 aliphatic heterocycles. The van der Waals surface area contributed by atoms with E-state index in [0.29, 0.717) is 13.0 Å². The highest BCUT2D eigenvalue weighted by molar-refractivity contribution is 7.54. The van der Waals surface area contributed by atoms with Gasteiger partial charge < -0.3 is 19.1 Å². The van der Waals surface area contributed by atoms with Gasteiger partial charge in [-0.15, -0.1) is 0 Å². The second-order valence-electron chi connectivity index (χ2n) is 8.57. The van der Waals surface area contributed by atoms with E-state index < -0.39 is 31.1 Å². The molecule has 0 aromatic heterocycles. The number of benzene rings is 1. The lowest BCUT2D eigenvalue weighted by molar-refractivity contribution is 0.0490. The van der Waals surface area contributed by atoms with Crippen LogP contribution in [0.1, 0.15) is 60.5 Å². The lowest BCUT2D eigenvalue weighted by atomic mass is 10.0. The fourth-order valence-corrected chi connectivity index (χ4v) is 5.15. The van der Waals surface area contributed by atoms with Crippen molar-refractivity contribution in [1.82, 2.24) is 10.6 Å². The van der Waals surface area contributed by atoms with Crippen LogP contribution in [0.15, 0.2) is 30.3 Å². The predicted molar refractivity (Wildman–Crippen MR) is 121 cm³/mol. The molecule has 0 spiro atoms. The number of hydrogen-bond donors (Lipinski definition) is 2. The number of hydrogen-bond acceptors (Lipinski definition) is 6. The molecule has 1 aromatic rings. The van der Waals surface area contributed by atoms with Crippen LogP contribution in [0.5, 0.6) is 0 Å². The maximum Gasteiger partial charge on any atom is 0.407 e. The van der Waals surface area contributed by atoms with E-state index >= 15 is 0 Å². The molecule has 0 radical (unpaired) electrons. The first-order chi connectivity index (χ1) is 14.0. The van der Waals surface area contributed by atoms with Crippen molar-refractivity contribution in [2.75, 3.05) is 13.2 Å². The van der Waals surface area contributed by atoms with Crippen molar-refractivity contribution in [3.05, 3.63) is 35.9 Å². The Morgan fingerprint density at radius 3 is 2.10 bits per heavy atom. The zero-order valence-corrected chi connectivity index (χ0v) is 20.3. The van der Waals surface area contributed by atoms with Crippen LogP contribution >= 0.6 is 7.60 Å². The quantitative estimate of drug-likeness (QED) is 0.427. The van der Waals surface area contributed by atoms with Crippen LogP contribution in [-0.4, -0.2) is 36.7 Å². The molecule has 0 heterocycles. The maximum absolute atomic E-state index is 13.7. The SMILES string of the molecule is CCOP(=O)(OCC)[C@@H](NCc1ccccc1)[C@H](CC(C)C)NC(=O)OC(C)(C)C. The topological polar surface area (TPSA) is 85.9 Å². The molecule has 0 saturated carbocycles. The van der Waals surface area contributed by atoms with E-state index in [0.717, 1.165) is 5.56 Å². The Morgan fingerprint density at radius 1 is 1.07 bits per heavy atom. The number of nitrogens with one attached hydrogen (secondary N) is 2. The van der Waals surface area contributed by atoms with Gasteiger partial charge in [0, 0.05) is 6.54 Å². The van der Waals surface area contributed by atoms with E-state index in [1.165, 1.54) is 0 Å². The Morgan fingerprint density at radius 2 is 1.63 bits per heavy atom. The Bertz CT molecular complexity index is 666. The molecule has 1 amide bonds. The molecule has 7 nitrogen and oxygen atoms in total. The average molecular weight is 443 g/mol. The molecule has 1 aromatic carbocycles. The summed E-state index contributed by atoms with van der Waals surface area (Å²) in [6, 6.07) is 9.29. The van der Waals surface area contributed by atoms with Gasteiger partial charge in [-0.3, -0.25) is 9.88 Å². The summed E-state index contributed by atoms with van der Waals surface area (Å²) < 4.78 is 30.5. The van der Waals surface area contributed by atoms with Crippen molar-refractivity contribution < 1.29 is 23.1 Å². The molecule has 30 heavy (non-hydrogen) atoms. The minimum atomic E-state index is -3.57. The monoisotopic (exact) mass is 442 g/mol. The molecular formula is C22H39N2O5P. The Kier molecular flexibility index (Phi) is 11.1. The lowest BCUT2D eigenvalue weighted by Crippen LogP contribution is -2.51. The predicted octanol–water partition coefficient (Wildman–Crippen LogP) is 5.31. The number of ether oxygens (including phenoxy) is 1. The number of rotatable bonds is 12. The van der Waals surface area contributed by atoms with Crippen LogP contribution < -0.4 is 10.6 Å². The smallest absolute Gasteiger partial charge is 0.407 e. The summed E-state index contributed by atoms with van der Waals surface area (Å²) in [6.45, 7) is 14.0. The molecule has 0 saturated heterocycles. The van der Waals surface area contributed by atoms with Crippen molar-refractivity contribution in [2.24, 2.45) is 5.92 Å². The van der Waals surface area contributed by atoms with E-state index in [4.69, 9.17) is 13.8 Å². The molecular weight excluding hydrogens is 403 g/mol. The highest BCUT2D eigenvalue weighted by Crippen LogP contribution is 2.53. The average Bonchev–Trinajstić information content (AvgIpc) is 2.60. The number of alkyl carbamates (subject to hydrolysis) is 1. The Labute approximate surface area is 181 Å². The first kappa shape index (κ1) is 26.6. The Hall–Kier alpha value is -1.40. The summed E-state index contributed by atoms with van der Waals surface area (Å²) in [5.74, 6) is -0.491. The molecule has 0 aliphatic carbocycles. The maximum atomic E-state index is 13.7. The molecule has 2 N–H and O–H groups in total. The van der Waals surface area contributed by atoms with Crippen molar-refractivity contribution >= 4 is 13.7 Å². The zero-order valence-electron chi connectivity index (χ0n) is 19.4. The van der Waals surface area contributed by atoms with Gasteiger partial charge in [0.15, 0.2) is 0 Å². The summed E-state index contributed by atoms with van der Waals surface area (Å²) in [5.41, 5.74) is 0.394. The summed E-state index contributed by atoms with van der Waals surface area (Å²) in [4.78, 5) is 12.5. The summed E-state index contributed by atoms with van der Waals surface area (Å²) in [5, 5.41) is 6.24.